The lowest BCUT2D eigenvalue weighted by molar-refractivity contribution is -0.150. The second-order valence-electron chi connectivity index (χ2n) is 3.52. The van der Waals surface area contributed by atoms with Gasteiger partial charge in [0.1, 0.15) is 0 Å². The molecule has 0 rings (SSSR count). The summed E-state index contributed by atoms with van der Waals surface area (Å²) < 4.78 is 5.03. The smallest absolute Gasteiger partial charge is 0.312 e. The van der Waals surface area contributed by atoms with Gasteiger partial charge in [-0.1, -0.05) is 11.6 Å². The summed E-state index contributed by atoms with van der Waals surface area (Å²) in [4.78, 5) is 11.2. The number of rotatable bonds is 3. The Morgan fingerprint density at radius 3 is 2.08 bits per heavy atom. The largest absolute Gasteiger partial charge is 0.463 e. The summed E-state index contributed by atoms with van der Waals surface area (Å²) in [5, 5.41) is 0. The average molecular weight is 170 g/mol. The Bertz CT molecular complexity index is 176. The molecule has 2 heteroatoms. The van der Waals surface area contributed by atoms with Gasteiger partial charge >= 0.3 is 5.97 Å². The first kappa shape index (κ1) is 11.2. The van der Waals surface area contributed by atoms with E-state index in [1.807, 2.05) is 40.7 Å². The molecule has 0 saturated carbocycles. The van der Waals surface area contributed by atoms with Crippen LogP contribution < -0.4 is 0 Å². The van der Waals surface area contributed by atoms with Gasteiger partial charge in [0.05, 0.1) is 12.0 Å². The second kappa shape index (κ2) is 4.96. The van der Waals surface area contributed by atoms with Crippen LogP contribution >= 0.6 is 0 Å². The Balaban J connectivity index is 4.02. The predicted octanol–water partition coefficient (Wildman–Crippen LogP) is 2.54. The van der Waals surface area contributed by atoms with Crippen molar-refractivity contribution in [3.63, 3.8) is 0 Å². The fraction of sp³-hybridized carbons (Fsp3) is 0.700. The van der Waals surface area contributed by atoms with Crippen molar-refractivity contribution in [2.24, 2.45) is 5.92 Å². The van der Waals surface area contributed by atoms with Gasteiger partial charge in [0, 0.05) is 0 Å². The SMILES string of the molecule is CC(C)=C[C@H](C)C(=O)OC(C)C. The number of allylic oxidation sites excluding steroid dienone is 1. The van der Waals surface area contributed by atoms with E-state index in [1.54, 1.807) is 0 Å². The van der Waals surface area contributed by atoms with E-state index in [9.17, 15) is 4.79 Å². The van der Waals surface area contributed by atoms with Crippen LogP contribution in [0.2, 0.25) is 0 Å². The zero-order valence-corrected chi connectivity index (χ0v) is 8.55. The lowest BCUT2D eigenvalue weighted by Gasteiger charge is -2.10. The van der Waals surface area contributed by atoms with Crippen molar-refractivity contribution < 1.29 is 9.53 Å². The fourth-order valence-corrected chi connectivity index (χ4v) is 0.908. The highest BCUT2D eigenvalue weighted by molar-refractivity contribution is 5.74. The van der Waals surface area contributed by atoms with Gasteiger partial charge in [-0.15, -0.1) is 0 Å². The fourth-order valence-electron chi connectivity index (χ4n) is 0.908. The number of esters is 1. The first-order valence-corrected chi connectivity index (χ1v) is 4.29. The monoisotopic (exact) mass is 170 g/mol. The minimum Gasteiger partial charge on any atom is -0.463 e. The Hall–Kier alpha value is -0.790. The molecule has 0 aromatic heterocycles. The number of ether oxygens (including phenoxy) is 1. The lowest BCUT2D eigenvalue weighted by Crippen LogP contribution is -2.17. The van der Waals surface area contributed by atoms with Gasteiger partial charge in [-0.05, 0) is 34.6 Å². The highest BCUT2D eigenvalue weighted by Crippen LogP contribution is 2.06. The van der Waals surface area contributed by atoms with E-state index in [2.05, 4.69) is 0 Å². The number of carbonyl (C=O) groups excluding carboxylic acids is 1. The molecule has 12 heavy (non-hydrogen) atoms. The molecule has 0 spiro atoms. The Morgan fingerprint density at radius 1 is 1.25 bits per heavy atom. The molecule has 0 bridgehead atoms. The Kier molecular flexibility index (Phi) is 4.64. The van der Waals surface area contributed by atoms with E-state index in [0.717, 1.165) is 5.57 Å². The summed E-state index contributed by atoms with van der Waals surface area (Å²) in [7, 11) is 0. The van der Waals surface area contributed by atoms with E-state index in [4.69, 9.17) is 4.74 Å². The maximum absolute atomic E-state index is 11.2. The van der Waals surface area contributed by atoms with Gasteiger partial charge in [0.15, 0.2) is 0 Å². The molecule has 0 aliphatic carbocycles. The molecule has 2 nitrogen and oxygen atoms in total. The molecule has 1 atom stereocenters. The molecule has 0 fully saturated rings. The topological polar surface area (TPSA) is 26.3 Å². The van der Waals surface area contributed by atoms with Crippen molar-refractivity contribution in [1.29, 1.82) is 0 Å². The van der Waals surface area contributed by atoms with Crippen LogP contribution in [-0.2, 0) is 9.53 Å². The Morgan fingerprint density at radius 2 is 1.75 bits per heavy atom. The highest BCUT2D eigenvalue weighted by Gasteiger charge is 2.12. The van der Waals surface area contributed by atoms with Gasteiger partial charge in [0.2, 0.25) is 0 Å². The summed E-state index contributed by atoms with van der Waals surface area (Å²) in [5.74, 6) is -0.274. The first-order chi connectivity index (χ1) is 5.43. The minimum atomic E-state index is -0.147. The summed E-state index contributed by atoms with van der Waals surface area (Å²) in [6.07, 6.45) is 1.88. The van der Waals surface area contributed by atoms with E-state index in [0.29, 0.717) is 0 Å². The molecule has 0 N–H and O–H groups in total. The molecule has 0 aromatic carbocycles. The van der Waals surface area contributed by atoms with Crippen molar-refractivity contribution in [1.82, 2.24) is 0 Å². The maximum Gasteiger partial charge on any atom is 0.312 e. The number of carbonyl (C=O) groups is 1. The molecule has 0 radical (unpaired) electrons. The first-order valence-electron chi connectivity index (χ1n) is 4.29. The molecule has 0 aromatic rings. The highest BCUT2D eigenvalue weighted by atomic mass is 16.5. The van der Waals surface area contributed by atoms with Crippen molar-refractivity contribution in [3.8, 4) is 0 Å². The predicted molar refractivity (Wildman–Crippen MR) is 49.8 cm³/mol. The molecule has 0 aliphatic rings. The van der Waals surface area contributed by atoms with Gasteiger partial charge in [-0.3, -0.25) is 4.79 Å². The van der Waals surface area contributed by atoms with Crippen molar-refractivity contribution >= 4 is 5.97 Å². The molecule has 0 heterocycles. The molecule has 0 amide bonds. The zero-order valence-electron chi connectivity index (χ0n) is 8.55. The van der Waals surface area contributed by atoms with Crippen LogP contribution in [-0.4, -0.2) is 12.1 Å². The van der Waals surface area contributed by atoms with Crippen LogP contribution in [0.5, 0.6) is 0 Å². The summed E-state index contributed by atoms with van der Waals surface area (Å²) in [6.45, 7) is 9.50. The lowest BCUT2D eigenvalue weighted by atomic mass is 10.1. The normalized spacial score (nSPS) is 12.5. The van der Waals surface area contributed by atoms with E-state index >= 15 is 0 Å². The zero-order chi connectivity index (χ0) is 9.72. The standard InChI is InChI=1S/C10H18O2/c1-7(2)6-9(5)10(11)12-8(3)4/h6,8-9H,1-5H3/t9-/m0/s1. The van der Waals surface area contributed by atoms with Crippen molar-refractivity contribution in [3.05, 3.63) is 11.6 Å². The van der Waals surface area contributed by atoms with Crippen LogP contribution in [0, 0.1) is 5.92 Å². The van der Waals surface area contributed by atoms with Gasteiger partial charge in [-0.2, -0.15) is 0 Å². The summed E-state index contributed by atoms with van der Waals surface area (Å²) in [6, 6.07) is 0. The average Bonchev–Trinajstić information content (AvgIpc) is 1.84. The third kappa shape index (κ3) is 4.94. The van der Waals surface area contributed by atoms with Crippen LogP contribution in [0.15, 0.2) is 11.6 Å². The molecule has 0 aliphatic heterocycles. The van der Waals surface area contributed by atoms with E-state index in [-0.39, 0.29) is 18.0 Å². The van der Waals surface area contributed by atoms with E-state index < -0.39 is 0 Å². The van der Waals surface area contributed by atoms with Crippen molar-refractivity contribution in [2.45, 2.75) is 40.7 Å². The summed E-state index contributed by atoms with van der Waals surface area (Å²) >= 11 is 0. The number of hydrogen-bond donors (Lipinski definition) is 0. The number of hydrogen-bond acceptors (Lipinski definition) is 2. The molecule has 70 valence electrons. The van der Waals surface area contributed by atoms with Gasteiger partial charge in [0.25, 0.3) is 0 Å². The molecule has 0 unspecified atom stereocenters. The van der Waals surface area contributed by atoms with Gasteiger partial charge < -0.3 is 4.74 Å². The maximum atomic E-state index is 11.2. The Labute approximate surface area is 74.6 Å². The van der Waals surface area contributed by atoms with E-state index in [1.165, 1.54) is 0 Å². The van der Waals surface area contributed by atoms with Crippen LogP contribution in [0.4, 0.5) is 0 Å². The molecule has 0 saturated heterocycles. The third-order valence-corrected chi connectivity index (χ3v) is 1.31. The molecular formula is C10H18O2. The van der Waals surface area contributed by atoms with Crippen LogP contribution in [0.3, 0.4) is 0 Å². The minimum absolute atomic E-state index is 0.0227. The van der Waals surface area contributed by atoms with Crippen molar-refractivity contribution in [2.75, 3.05) is 0 Å². The quantitative estimate of drug-likeness (QED) is 0.480. The second-order valence-corrected chi connectivity index (χ2v) is 3.52. The third-order valence-electron chi connectivity index (χ3n) is 1.31. The van der Waals surface area contributed by atoms with Crippen LogP contribution in [0.25, 0.3) is 0 Å². The van der Waals surface area contributed by atoms with Crippen LogP contribution in [0.1, 0.15) is 34.6 Å². The molecular weight excluding hydrogens is 152 g/mol. The van der Waals surface area contributed by atoms with Gasteiger partial charge in [-0.25, -0.2) is 0 Å². The summed E-state index contributed by atoms with van der Waals surface area (Å²) in [5.41, 5.74) is 1.14.